The first-order valence-corrected chi connectivity index (χ1v) is 6.02. The summed E-state index contributed by atoms with van der Waals surface area (Å²) in [7, 11) is 3.87. The third-order valence-corrected chi connectivity index (χ3v) is 2.75. The van der Waals surface area contributed by atoms with Crippen LogP contribution in [0.1, 0.15) is 11.3 Å². The maximum Gasteiger partial charge on any atom is 0.223 e. The summed E-state index contributed by atoms with van der Waals surface area (Å²) in [6, 6.07) is 5.30. The lowest BCUT2D eigenvalue weighted by molar-refractivity contribution is 0.384. The lowest BCUT2D eigenvalue weighted by Gasteiger charge is -2.17. The summed E-state index contributed by atoms with van der Waals surface area (Å²) >= 11 is 0. The molecular formula is C14H17N3O2. The van der Waals surface area contributed by atoms with Gasteiger partial charge in [-0.05, 0) is 25.7 Å². The topological polar surface area (TPSA) is 58.4 Å². The molecule has 0 atom stereocenters. The maximum absolute atomic E-state index is 11.5. The van der Waals surface area contributed by atoms with E-state index in [1.165, 1.54) is 12.3 Å². The van der Waals surface area contributed by atoms with Gasteiger partial charge in [-0.25, -0.2) is 0 Å². The first-order chi connectivity index (χ1) is 9.06. The van der Waals surface area contributed by atoms with Crippen LogP contribution < -0.4 is 5.43 Å². The molecule has 19 heavy (non-hydrogen) atoms. The minimum Gasteiger partial charge on any atom is -0.503 e. The number of hydrogen-bond acceptors (Lipinski definition) is 4. The average Bonchev–Trinajstić information content (AvgIpc) is 2.36. The molecule has 0 aliphatic rings. The van der Waals surface area contributed by atoms with Gasteiger partial charge in [0.1, 0.15) is 0 Å². The molecule has 0 spiro atoms. The highest BCUT2D eigenvalue weighted by molar-refractivity contribution is 5.22. The smallest absolute Gasteiger partial charge is 0.223 e. The molecule has 1 N–H and O–H groups in total. The Kier molecular flexibility index (Phi) is 3.97. The van der Waals surface area contributed by atoms with Crippen LogP contribution >= 0.6 is 0 Å². The summed E-state index contributed by atoms with van der Waals surface area (Å²) in [5, 5.41) is 9.57. The molecule has 2 rings (SSSR count). The Morgan fingerprint density at radius 2 is 2.21 bits per heavy atom. The van der Waals surface area contributed by atoms with Crippen LogP contribution in [0.2, 0.25) is 0 Å². The number of hydrogen-bond donors (Lipinski definition) is 1. The van der Waals surface area contributed by atoms with Gasteiger partial charge in [-0.1, -0.05) is 6.07 Å². The summed E-state index contributed by atoms with van der Waals surface area (Å²) in [5.74, 6) is -0.230. The molecule has 0 bridgehead atoms. The Hall–Kier alpha value is -2.14. The summed E-state index contributed by atoms with van der Waals surface area (Å²) in [5.41, 5.74) is 1.53. The summed E-state index contributed by atoms with van der Waals surface area (Å²) in [6.45, 7) is 1.21. The zero-order valence-electron chi connectivity index (χ0n) is 11.1. The highest BCUT2D eigenvalue weighted by Gasteiger charge is 2.07. The first kappa shape index (κ1) is 13.3. The maximum atomic E-state index is 11.5. The van der Waals surface area contributed by atoms with Gasteiger partial charge in [-0.2, -0.15) is 0 Å². The molecule has 5 heteroatoms. The van der Waals surface area contributed by atoms with Crippen LogP contribution in [-0.4, -0.2) is 33.7 Å². The lowest BCUT2D eigenvalue weighted by atomic mass is 10.2. The van der Waals surface area contributed by atoms with Crippen molar-refractivity contribution < 1.29 is 5.11 Å². The van der Waals surface area contributed by atoms with Crippen LogP contribution in [0.15, 0.2) is 41.6 Å². The monoisotopic (exact) mass is 259 g/mol. The van der Waals surface area contributed by atoms with Crippen LogP contribution in [-0.2, 0) is 13.1 Å². The fourth-order valence-electron chi connectivity index (χ4n) is 1.90. The fraction of sp³-hybridized carbons (Fsp3) is 0.286. The van der Waals surface area contributed by atoms with Gasteiger partial charge in [0.25, 0.3) is 0 Å². The minimum atomic E-state index is -0.348. The van der Waals surface area contributed by atoms with Crippen LogP contribution in [0.25, 0.3) is 0 Å². The van der Waals surface area contributed by atoms with Gasteiger partial charge in [0.15, 0.2) is 5.75 Å². The van der Waals surface area contributed by atoms with E-state index in [4.69, 9.17) is 0 Å². The third kappa shape index (κ3) is 3.42. The molecular weight excluding hydrogens is 242 g/mol. The summed E-state index contributed by atoms with van der Waals surface area (Å²) in [6.07, 6.45) is 4.97. The van der Waals surface area contributed by atoms with E-state index in [1.807, 2.05) is 35.7 Å². The first-order valence-electron chi connectivity index (χ1n) is 6.02. The molecule has 0 fully saturated rings. The molecule has 0 aromatic carbocycles. The molecule has 0 radical (unpaired) electrons. The third-order valence-electron chi connectivity index (χ3n) is 2.75. The van der Waals surface area contributed by atoms with Crippen molar-refractivity contribution in [3.05, 3.63) is 58.3 Å². The second kappa shape index (κ2) is 5.67. The normalized spacial score (nSPS) is 10.9. The summed E-state index contributed by atoms with van der Waals surface area (Å²) < 4.78 is 1.87. The van der Waals surface area contributed by atoms with E-state index in [2.05, 4.69) is 4.98 Å². The standard InChI is InChI=1S/C14H17N3O2/c1-16(2)9-12-6-13(18)14(19)10-17(12)8-11-4-3-5-15-7-11/h3-7,10,19H,8-9H2,1-2H3. The van der Waals surface area contributed by atoms with Gasteiger partial charge < -0.3 is 14.6 Å². The molecule has 5 nitrogen and oxygen atoms in total. The average molecular weight is 259 g/mol. The zero-order chi connectivity index (χ0) is 13.8. The van der Waals surface area contributed by atoms with Crippen molar-refractivity contribution >= 4 is 0 Å². The highest BCUT2D eigenvalue weighted by Crippen LogP contribution is 2.10. The molecule has 0 saturated heterocycles. The SMILES string of the molecule is CN(C)Cc1cc(=O)c(O)cn1Cc1cccnc1. The van der Waals surface area contributed by atoms with E-state index in [9.17, 15) is 9.90 Å². The van der Waals surface area contributed by atoms with Crippen molar-refractivity contribution in [1.29, 1.82) is 0 Å². The van der Waals surface area contributed by atoms with Crippen molar-refractivity contribution in [2.75, 3.05) is 14.1 Å². The van der Waals surface area contributed by atoms with Crippen molar-refractivity contribution in [3.8, 4) is 5.75 Å². The fourth-order valence-corrected chi connectivity index (χ4v) is 1.90. The Morgan fingerprint density at radius 1 is 1.42 bits per heavy atom. The Labute approximate surface area is 111 Å². The van der Waals surface area contributed by atoms with Crippen LogP contribution in [0.5, 0.6) is 5.75 Å². The van der Waals surface area contributed by atoms with Gasteiger partial charge in [0, 0.05) is 37.2 Å². The van der Waals surface area contributed by atoms with Crippen LogP contribution in [0, 0.1) is 0 Å². The Balaban J connectivity index is 2.37. The summed E-state index contributed by atoms with van der Waals surface area (Å²) in [4.78, 5) is 17.6. The van der Waals surface area contributed by atoms with E-state index in [0.717, 1.165) is 11.3 Å². The number of aromatic nitrogens is 2. The molecule has 0 amide bonds. The Bertz CT molecular complexity index is 606. The largest absolute Gasteiger partial charge is 0.503 e. The zero-order valence-corrected chi connectivity index (χ0v) is 11.1. The molecule has 0 saturated carbocycles. The van der Waals surface area contributed by atoms with E-state index in [-0.39, 0.29) is 11.2 Å². The number of nitrogens with zero attached hydrogens (tertiary/aromatic N) is 3. The van der Waals surface area contributed by atoms with E-state index < -0.39 is 0 Å². The van der Waals surface area contributed by atoms with Crippen molar-refractivity contribution in [3.63, 3.8) is 0 Å². The second-order valence-corrected chi connectivity index (χ2v) is 4.74. The number of aromatic hydroxyl groups is 1. The van der Waals surface area contributed by atoms with Gasteiger partial charge in [-0.3, -0.25) is 9.78 Å². The van der Waals surface area contributed by atoms with Crippen molar-refractivity contribution in [1.82, 2.24) is 14.5 Å². The second-order valence-electron chi connectivity index (χ2n) is 4.74. The predicted molar refractivity (Wildman–Crippen MR) is 73.1 cm³/mol. The molecule has 2 aromatic heterocycles. The molecule has 0 aliphatic heterocycles. The molecule has 0 unspecified atom stereocenters. The quantitative estimate of drug-likeness (QED) is 0.892. The molecule has 100 valence electrons. The molecule has 2 heterocycles. The van der Waals surface area contributed by atoms with Gasteiger partial charge in [-0.15, -0.1) is 0 Å². The van der Waals surface area contributed by atoms with Crippen LogP contribution in [0.3, 0.4) is 0 Å². The molecule has 2 aromatic rings. The van der Waals surface area contributed by atoms with Gasteiger partial charge in [0.2, 0.25) is 5.43 Å². The van der Waals surface area contributed by atoms with E-state index in [0.29, 0.717) is 13.1 Å². The molecule has 0 aliphatic carbocycles. The van der Waals surface area contributed by atoms with E-state index >= 15 is 0 Å². The van der Waals surface area contributed by atoms with Gasteiger partial charge in [0.05, 0.1) is 6.20 Å². The highest BCUT2D eigenvalue weighted by atomic mass is 16.3. The van der Waals surface area contributed by atoms with Gasteiger partial charge >= 0.3 is 0 Å². The minimum absolute atomic E-state index is 0.230. The lowest BCUT2D eigenvalue weighted by Crippen LogP contribution is -2.19. The number of rotatable bonds is 4. The predicted octanol–water partition coefficient (Wildman–Crippen LogP) is 1.06. The van der Waals surface area contributed by atoms with E-state index in [1.54, 1.807) is 12.4 Å². The van der Waals surface area contributed by atoms with Crippen molar-refractivity contribution in [2.45, 2.75) is 13.1 Å². The van der Waals surface area contributed by atoms with Crippen molar-refractivity contribution in [2.24, 2.45) is 0 Å². The number of pyridine rings is 2. The Morgan fingerprint density at radius 3 is 2.84 bits per heavy atom. The van der Waals surface area contributed by atoms with Crippen LogP contribution in [0.4, 0.5) is 0 Å².